The van der Waals surface area contributed by atoms with Crippen LogP contribution in [0.25, 0.3) is 0 Å². The molecule has 0 aliphatic carbocycles. The predicted molar refractivity (Wildman–Crippen MR) is 61.7 cm³/mol. The van der Waals surface area contributed by atoms with Gasteiger partial charge < -0.3 is 14.7 Å². The summed E-state index contributed by atoms with van der Waals surface area (Å²) in [5.41, 5.74) is 0.386. The maximum Gasteiger partial charge on any atom is 0.307 e. The fraction of sp³-hybridized carbons (Fsp3) is 0.333. The zero-order valence-electron chi connectivity index (χ0n) is 9.84. The molecule has 0 saturated heterocycles. The molecular formula is C12H15NO4. The number of esters is 1. The van der Waals surface area contributed by atoms with Gasteiger partial charge in [0.15, 0.2) is 0 Å². The number of amides is 1. The zero-order valence-corrected chi connectivity index (χ0v) is 9.84. The van der Waals surface area contributed by atoms with Gasteiger partial charge in [0.25, 0.3) is 5.91 Å². The molecule has 1 amide bonds. The number of ether oxygens (including phenoxy) is 1. The molecule has 0 unspecified atom stereocenters. The Hall–Kier alpha value is -2.04. The number of nitrogens with zero attached hydrogens (tertiary/aromatic N) is 1. The van der Waals surface area contributed by atoms with E-state index >= 15 is 0 Å². The molecule has 0 aliphatic rings. The van der Waals surface area contributed by atoms with Crippen molar-refractivity contribution in [2.24, 2.45) is 0 Å². The minimum absolute atomic E-state index is 0.0391. The second-order valence-corrected chi connectivity index (χ2v) is 3.60. The van der Waals surface area contributed by atoms with Gasteiger partial charge in [-0.3, -0.25) is 9.59 Å². The highest BCUT2D eigenvalue weighted by atomic mass is 16.5. The monoisotopic (exact) mass is 237 g/mol. The van der Waals surface area contributed by atoms with Gasteiger partial charge in [-0.15, -0.1) is 0 Å². The molecule has 0 bridgehead atoms. The SMILES string of the molecule is COC(=O)CCN(C)C(=O)c1cccc(O)c1. The van der Waals surface area contributed by atoms with Crippen LogP contribution in [0.1, 0.15) is 16.8 Å². The number of hydrogen-bond donors (Lipinski definition) is 1. The van der Waals surface area contributed by atoms with Crippen LogP contribution >= 0.6 is 0 Å². The van der Waals surface area contributed by atoms with Crippen molar-refractivity contribution in [3.8, 4) is 5.75 Å². The van der Waals surface area contributed by atoms with E-state index in [0.717, 1.165) is 0 Å². The number of carbonyl (C=O) groups is 2. The molecule has 1 aromatic carbocycles. The number of aromatic hydroxyl groups is 1. The highest BCUT2D eigenvalue weighted by Gasteiger charge is 2.13. The van der Waals surface area contributed by atoms with Crippen LogP contribution in [0.3, 0.4) is 0 Å². The molecule has 0 spiro atoms. The first kappa shape index (κ1) is 13.0. The van der Waals surface area contributed by atoms with Crippen LogP contribution in [0.2, 0.25) is 0 Å². The summed E-state index contributed by atoms with van der Waals surface area (Å²) in [6.45, 7) is 0.279. The van der Waals surface area contributed by atoms with E-state index in [1.807, 2.05) is 0 Å². The summed E-state index contributed by atoms with van der Waals surface area (Å²) in [4.78, 5) is 24.2. The quantitative estimate of drug-likeness (QED) is 0.794. The van der Waals surface area contributed by atoms with Crippen LogP contribution in [0.4, 0.5) is 0 Å². The molecule has 1 N–H and O–H groups in total. The summed E-state index contributed by atoms with van der Waals surface area (Å²) in [5.74, 6) is -0.567. The minimum Gasteiger partial charge on any atom is -0.508 e. The summed E-state index contributed by atoms with van der Waals surface area (Å²) in [7, 11) is 2.90. The Morgan fingerprint density at radius 1 is 1.41 bits per heavy atom. The Morgan fingerprint density at radius 2 is 2.12 bits per heavy atom. The molecule has 1 aromatic rings. The van der Waals surface area contributed by atoms with Gasteiger partial charge in [-0.1, -0.05) is 6.07 Å². The van der Waals surface area contributed by atoms with Crippen molar-refractivity contribution < 1.29 is 19.4 Å². The minimum atomic E-state index is -0.361. The maximum atomic E-state index is 11.9. The van der Waals surface area contributed by atoms with Crippen LogP contribution in [-0.4, -0.2) is 42.6 Å². The van der Waals surface area contributed by atoms with Gasteiger partial charge in [0.2, 0.25) is 0 Å². The normalized spacial score (nSPS) is 9.76. The van der Waals surface area contributed by atoms with Gasteiger partial charge in [0.05, 0.1) is 13.5 Å². The van der Waals surface area contributed by atoms with E-state index in [9.17, 15) is 14.7 Å². The number of hydrogen-bond acceptors (Lipinski definition) is 4. The van der Waals surface area contributed by atoms with Crippen molar-refractivity contribution in [3.63, 3.8) is 0 Å². The van der Waals surface area contributed by atoms with E-state index < -0.39 is 0 Å². The van der Waals surface area contributed by atoms with E-state index in [4.69, 9.17) is 0 Å². The van der Waals surface area contributed by atoms with Gasteiger partial charge in [0, 0.05) is 19.2 Å². The molecule has 0 heterocycles. The second-order valence-electron chi connectivity index (χ2n) is 3.60. The third-order valence-corrected chi connectivity index (χ3v) is 2.32. The molecule has 5 heteroatoms. The van der Waals surface area contributed by atoms with Crippen molar-refractivity contribution in [1.82, 2.24) is 4.90 Å². The van der Waals surface area contributed by atoms with Crippen molar-refractivity contribution >= 4 is 11.9 Å². The highest BCUT2D eigenvalue weighted by molar-refractivity contribution is 5.94. The molecule has 0 saturated carbocycles. The zero-order chi connectivity index (χ0) is 12.8. The Balaban J connectivity index is 2.61. The molecule has 5 nitrogen and oxygen atoms in total. The van der Waals surface area contributed by atoms with Gasteiger partial charge in [-0.2, -0.15) is 0 Å². The molecule has 0 radical (unpaired) electrons. The lowest BCUT2D eigenvalue weighted by atomic mass is 10.2. The van der Waals surface area contributed by atoms with Crippen LogP contribution in [0.5, 0.6) is 5.75 Å². The summed E-state index contributed by atoms with van der Waals surface area (Å²) in [6.07, 6.45) is 0.150. The van der Waals surface area contributed by atoms with Crippen molar-refractivity contribution in [3.05, 3.63) is 29.8 Å². The maximum absolute atomic E-state index is 11.9. The number of phenolic OH excluding ortho intramolecular Hbond substituents is 1. The van der Waals surface area contributed by atoms with Crippen molar-refractivity contribution in [2.45, 2.75) is 6.42 Å². The van der Waals surface area contributed by atoms with Crippen molar-refractivity contribution in [2.75, 3.05) is 20.7 Å². The first-order valence-electron chi connectivity index (χ1n) is 5.16. The largest absolute Gasteiger partial charge is 0.508 e. The summed E-state index contributed by atoms with van der Waals surface area (Å²) >= 11 is 0. The average Bonchev–Trinajstić information content (AvgIpc) is 2.34. The topological polar surface area (TPSA) is 66.8 Å². The number of methoxy groups -OCH3 is 1. The molecule has 0 aliphatic heterocycles. The van der Waals surface area contributed by atoms with Gasteiger partial charge >= 0.3 is 5.97 Å². The Morgan fingerprint density at radius 3 is 2.71 bits per heavy atom. The van der Waals surface area contributed by atoms with Gasteiger partial charge in [-0.05, 0) is 18.2 Å². The van der Waals surface area contributed by atoms with E-state index in [-0.39, 0.29) is 30.6 Å². The third kappa shape index (κ3) is 3.79. The molecule has 0 fully saturated rings. The molecule has 1 rings (SSSR count). The molecule has 0 atom stereocenters. The summed E-state index contributed by atoms with van der Waals surface area (Å²) < 4.78 is 4.49. The van der Waals surface area contributed by atoms with Crippen molar-refractivity contribution in [1.29, 1.82) is 0 Å². The van der Waals surface area contributed by atoms with E-state index in [0.29, 0.717) is 5.56 Å². The van der Waals surface area contributed by atoms with E-state index in [2.05, 4.69) is 4.74 Å². The van der Waals surface area contributed by atoms with Crippen LogP contribution in [0.15, 0.2) is 24.3 Å². The Bertz CT molecular complexity index is 417. The number of phenols is 1. The van der Waals surface area contributed by atoms with E-state index in [1.165, 1.54) is 24.1 Å². The van der Waals surface area contributed by atoms with Gasteiger partial charge in [0.1, 0.15) is 5.75 Å². The third-order valence-electron chi connectivity index (χ3n) is 2.32. The Kier molecular flexibility index (Phi) is 4.51. The number of rotatable bonds is 4. The van der Waals surface area contributed by atoms with E-state index in [1.54, 1.807) is 19.2 Å². The molecule has 0 aromatic heterocycles. The Labute approximate surface area is 99.6 Å². The van der Waals surface area contributed by atoms with Crippen LogP contribution in [-0.2, 0) is 9.53 Å². The van der Waals surface area contributed by atoms with Gasteiger partial charge in [-0.25, -0.2) is 0 Å². The predicted octanol–water partition coefficient (Wildman–Crippen LogP) is 1.03. The fourth-order valence-electron chi connectivity index (χ4n) is 1.32. The summed E-state index contributed by atoms with van der Waals surface area (Å²) in [6, 6.07) is 6.08. The molecule has 17 heavy (non-hydrogen) atoms. The number of carbonyl (C=O) groups excluding carboxylic acids is 2. The fourth-order valence-corrected chi connectivity index (χ4v) is 1.32. The first-order chi connectivity index (χ1) is 8.04. The lowest BCUT2D eigenvalue weighted by Crippen LogP contribution is -2.29. The standard InChI is InChI=1S/C12H15NO4/c1-13(7-6-11(15)17-2)12(16)9-4-3-5-10(14)8-9/h3-5,8,14H,6-7H2,1-2H3. The summed E-state index contributed by atoms with van der Waals surface area (Å²) in [5, 5.41) is 9.26. The average molecular weight is 237 g/mol. The smallest absolute Gasteiger partial charge is 0.307 e. The lowest BCUT2D eigenvalue weighted by Gasteiger charge is -2.16. The number of benzene rings is 1. The second kappa shape index (κ2) is 5.89. The molecule has 92 valence electrons. The van der Waals surface area contributed by atoms with Crippen LogP contribution < -0.4 is 0 Å². The molecular weight excluding hydrogens is 222 g/mol. The first-order valence-corrected chi connectivity index (χ1v) is 5.16. The lowest BCUT2D eigenvalue weighted by molar-refractivity contribution is -0.140. The van der Waals surface area contributed by atoms with Crippen LogP contribution in [0, 0.1) is 0 Å². The highest BCUT2D eigenvalue weighted by Crippen LogP contribution is 2.12.